The molecule has 0 radical (unpaired) electrons. The van der Waals surface area contributed by atoms with E-state index in [1.807, 2.05) is 30.3 Å². The number of nitrogens with zero attached hydrogens (tertiary/aromatic N) is 3. The highest BCUT2D eigenvalue weighted by Crippen LogP contribution is 2.08. The number of nitrogen functional groups attached to an aromatic ring is 1. The number of nitrogens with one attached hydrogen (secondary N) is 1. The maximum absolute atomic E-state index is 12.3. The lowest BCUT2D eigenvalue weighted by Gasteiger charge is -2.21. The van der Waals surface area contributed by atoms with E-state index in [4.69, 9.17) is 10.5 Å². The van der Waals surface area contributed by atoms with Crippen LogP contribution < -0.4 is 5.73 Å². The number of methoxy groups -OCH3 is 1. The highest BCUT2D eigenvalue weighted by atomic mass is 16.5. The predicted molar refractivity (Wildman–Crippen MR) is 73.9 cm³/mol. The first-order valence-corrected chi connectivity index (χ1v) is 6.20. The van der Waals surface area contributed by atoms with Crippen LogP contribution in [-0.4, -0.2) is 46.2 Å². The summed E-state index contributed by atoms with van der Waals surface area (Å²) in [6, 6.07) is 9.72. The molecule has 1 aromatic carbocycles. The molecule has 0 aliphatic heterocycles. The van der Waals surface area contributed by atoms with Crippen molar-refractivity contribution in [2.45, 2.75) is 6.54 Å². The van der Waals surface area contributed by atoms with Gasteiger partial charge in [0.1, 0.15) is 0 Å². The van der Waals surface area contributed by atoms with E-state index >= 15 is 0 Å². The van der Waals surface area contributed by atoms with Crippen LogP contribution in [0.1, 0.15) is 16.2 Å². The summed E-state index contributed by atoms with van der Waals surface area (Å²) in [4.78, 5) is 17.8. The molecule has 0 aliphatic rings. The molecule has 1 amide bonds. The molecule has 0 aliphatic carbocycles. The van der Waals surface area contributed by atoms with Crippen LogP contribution in [-0.2, 0) is 11.3 Å². The van der Waals surface area contributed by atoms with Crippen LogP contribution in [0.2, 0.25) is 0 Å². The van der Waals surface area contributed by atoms with Crippen LogP contribution in [0.25, 0.3) is 0 Å². The van der Waals surface area contributed by atoms with E-state index in [2.05, 4.69) is 15.2 Å². The van der Waals surface area contributed by atoms with E-state index in [0.717, 1.165) is 5.56 Å². The molecule has 1 aromatic heterocycles. The number of anilines is 1. The number of aromatic nitrogens is 3. The molecule has 0 unspecified atom stereocenters. The van der Waals surface area contributed by atoms with Crippen molar-refractivity contribution >= 4 is 11.9 Å². The lowest BCUT2D eigenvalue weighted by Crippen LogP contribution is -2.34. The number of nitrogens with two attached hydrogens (primary N) is 1. The predicted octanol–water partition coefficient (Wildman–Crippen LogP) is 0.676. The average Bonchev–Trinajstić information content (AvgIpc) is 2.90. The van der Waals surface area contributed by atoms with Crippen LogP contribution >= 0.6 is 0 Å². The summed E-state index contributed by atoms with van der Waals surface area (Å²) in [6.07, 6.45) is 0. The zero-order valence-electron chi connectivity index (χ0n) is 11.2. The molecule has 106 valence electrons. The van der Waals surface area contributed by atoms with Gasteiger partial charge in [0, 0.05) is 20.2 Å². The molecule has 0 spiro atoms. The molecule has 0 atom stereocenters. The number of H-pyrrole nitrogens is 1. The summed E-state index contributed by atoms with van der Waals surface area (Å²) in [5.41, 5.74) is 6.45. The van der Waals surface area contributed by atoms with Gasteiger partial charge >= 0.3 is 0 Å². The van der Waals surface area contributed by atoms with Gasteiger partial charge in [0.25, 0.3) is 5.91 Å². The molecule has 0 saturated heterocycles. The molecular weight excluding hydrogens is 258 g/mol. The Bertz CT molecular complexity index is 555. The van der Waals surface area contributed by atoms with Gasteiger partial charge in [0.05, 0.1) is 6.61 Å². The molecule has 3 N–H and O–H groups in total. The second-order valence-corrected chi connectivity index (χ2v) is 4.25. The van der Waals surface area contributed by atoms with Crippen LogP contribution in [0.5, 0.6) is 0 Å². The summed E-state index contributed by atoms with van der Waals surface area (Å²) in [7, 11) is 1.59. The minimum absolute atomic E-state index is 0.0553. The van der Waals surface area contributed by atoms with Gasteiger partial charge in [-0.2, -0.15) is 4.98 Å². The Kier molecular flexibility index (Phi) is 4.67. The number of amides is 1. The molecular formula is C13H17N5O2. The SMILES string of the molecule is COCCN(Cc1ccccc1)C(=O)c1nc(N)n[nH]1. The van der Waals surface area contributed by atoms with Crippen LogP contribution in [0.3, 0.4) is 0 Å². The van der Waals surface area contributed by atoms with Crippen LogP contribution in [0.4, 0.5) is 5.95 Å². The van der Waals surface area contributed by atoms with E-state index in [9.17, 15) is 4.79 Å². The normalized spacial score (nSPS) is 10.4. The number of rotatable bonds is 6. The largest absolute Gasteiger partial charge is 0.383 e. The van der Waals surface area contributed by atoms with Gasteiger partial charge in [-0.15, -0.1) is 5.10 Å². The van der Waals surface area contributed by atoms with E-state index in [-0.39, 0.29) is 17.7 Å². The van der Waals surface area contributed by atoms with Crippen molar-refractivity contribution in [1.82, 2.24) is 20.1 Å². The fraction of sp³-hybridized carbons (Fsp3) is 0.308. The van der Waals surface area contributed by atoms with Gasteiger partial charge in [-0.1, -0.05) is 30.3 Å². The second kappa shape index (κ2) is 6.67. The van der Waals surface area contributed by atoms with Gasteiger partial charge in [-0.25, -0.2) is 0 Å². The fourth-order valence-electron chi connectivity index (χ4n) is 1.78. The summed E-state index contributed by atoms with van der Waals surface area (Å²) in [5.74, 6) is -0.0654. The van der Waals surface area contributed by atoms with Crippen molar-refractivity contribution in [2.24, 2.45) is 0 Å². The molecule has 2 aromatic rings. The molecule has 7 nitrogen and oxygen atoms in total. The Labute approximate surface area is 116 Å². The van der Waals surface area contributed by atoms with E-state index in [0.29, 0.717) is 19.7 Å². The van der Waals surface area contributed by atoms with Crippen molar-refractivity contribution in [3.05, 3.63) is 41.7 Å². The maximum atomic E-state index is 12.3. The number of hydrogen-bond donors (Lipinski definition) is 2. The molecule has 0 bridgehead atoms. The molecule has 7 heteroatoms. The van der Waals surface area contributed by atoms with Gasteiger partial charge in [-0.05, 0) is 5.56 Å². The van der Waals surface area contributed by atoms with Crippen molar-refractivity contribution in [3.8, 4) is 0 Å². The Morgan fingerprint density at radius 1 is 1.40 bits per heavy atom. The van der Waals surface area contributed by atoms with Crippen molar-refractivity contribution in [2.75, 3.05) is 26.0 Å². The zero-order chi connectivity index (χ0) is 14.4. The summed E-state index contributed by atoms with van der Waals surface area (Å²) >= 11 is 0. The van der Waals surface area contributed by atoms with E-state index in [1.54, 1.807) is 12.0 Å². The molecule has 1 heterocycles. The number of benzene rings is 1. The van der Waals surface area contributed by atoms with E-state index < -0.39 is 0 Å². The number of aromatic amines is 1. The molecule has 0 fully saturated rings. The van der Waals surface area contributed by atoms with Crippen LogP contribution in [0.15, 0.2) is 30.3 Å². The van der Waals surface area contributed by atoms with Crippen LogP contribution in [0, 0.1) is 0 Å². The first-order valence-electron chi connectivity index (χ1n) is 6.20. The second-order valence-electron chi connectivity index (χ2n) is 4.25. The average molecular weight is 275 g/mol. The minimum Gasteiger partial charge on any atom is -0.383 e. The molecule has 20 heavy (non-hydrogen) atoms. The Morgan fingerprint density at radius 2 is 2.15 bits per heavy atom. The monoisotopic (exact) mass is 275 g/mol. The smallest absolute Gasteiger partial charge is 0.291 e. The van der Waals surface area contributed by atoms with Crippen molar-refractivity contribution in [3.63, 3.8) is 0 Å². The standard InChI is InChI=1S/C13H17N5O2/c1-20-8-7-18(9-10-5-3-2-4-6-10)12(19)11-15-13(14)17-16-11/h2-6H,7-9H2,1H3,(H3,14,15,16,17). The third-order valence-corrected chi connectivity index (χ3v) is 2.77. The first kappa shape index (κ1) is 14.0. The summed E-state index contributed by atoms with van der Waals surface area (Å²) < 4.78 is 5.04. The molecule has 2 rings (SSSR count). The molecule has 0 saturated carbocycles. The maximum Gasteiger partial charge on any atom is 0.291 e. The number of carbonyl (C=O) groups excluding carboxylic acids is 1. The van der Waals surface area contributed by atoms with Crippen molar-refractivity contribution < 1.29 is 9.53 Å². The number of hydrogen-bond acceptors (Lipinski definition) is 5. The third-order valence-electron chi connectivity index (χ3n) is 2.77. The van der Waals surface area contributed by atoms with E-state index in [1.165, 1.54) is 0 Å². The topological polar surface area (TPSA) is 97.1 Å². The third kappa shape index (κ3) is 3.55. The summed E-state index contributed by atoms with van der Waals surface area (Å²) in [5, 5.41) is 6.20. The quantitative estimate of drug-likeness (QED) is 0.807. The van der Waals surface area contributed by atoms with Gasteiger partial charge < -0.3 is 15.4 Å². The highest BCUT2D eigenvalue weighted by Gasteiger charge is 2.19. The Balaban J connectivity index is 2.12. The zero-order valence-corrected chi connectivity index (χ0v) is 11.2. The minimum atomic E-state index is -0.255. The number of carbonyl (C=O) groups is 1. The van der Waals surface area contributed by atoms with Gasteiger partial charge in [0.2, 0.25) is 11.8 Å². The van der Waals surface area contributed by atoms with Gasteiger partial charge in [-0.3, -0.25) is 9.89 Å². The first-order chi connectivity index (χ1) is 9.70. The Hall–Kier alpha value is -2.41. The van der Waals surface area contributed by atoms with Crippen molar-refractivity contribution in [1.29, 1.82) is 0 Å². The highest BCUT2D eigenvalue weighted by molar-refractivity contribution is 5.90. The Morgan fingerprint density at radius 3 is 2.75 bits per heavy atom. The summed E-state index contributed by atoms with van der Waals surface area (Å²) in [6.45, 7) is 1.39. The fourth-order valence-corrected chi connectivity index (χ4v) is 1.78. The lowest BCUT2D eigenvalue weighted by molar-refractivity contribution is 0.0669. The number of ether oxygens (including phenoxy) is 1. The van der Waals surface area contributed by atoms with Gasteiger partial charge in [0.15, 0.2) is 0 Å². The lowest BCUT2D eigenvalue weighted by atomic mass is 10.2.